The molecule has 4 nitrogen and oxygen atoms in total. The summed E-state index contributed by atoms with van der Waals surface area (Å²) in [6, 6.07) is -0.294. The summed E-state index contributed by atoms with van der Waals surface area (Å²) in [5.41, 5.74) is 0. The van der Waals surface area contributed by atoms with Crippen LogP contribution in [0.3, 0.4) is 0 Å². The van der Waals surface area contributed by atoms with Gasteiger partial charge in [-0.2, -0.15) is 0 Å². The minimum Gasteiger partial charge on any atom is -0.335 e. The van der Waals surface area contributed by atoms with Gasteiger partial charge in [-0.05, 0) is 13.5 Å². The lowest BCUT2D eigenvalue weighted by molar-refractivity contribution is -0.147. The topological polar surface area (TPSA) is 35.6 Å². The Morgan fingerprint density at radius 1 is 1.41 bits per heavy atom. The summed E-state index contributed by atoms with van der Waals surface area (Å²) in [6.45, 7) is 2.21. The van der Waals surface area contributed by atoms with Crippen LogP contribution in [0.1, 0.15) is 12.8 Å². The molecular formula is C11H19F2N3O. The summed E-state index contributed by atoms with van der Waals surface area (Å²) in [5.74, 6) is -2.88. The largest absolute Gasteiger partial charge is 0.335 e. The SMILES string of the molecule is CN1CCNCC1C(=O)N1CCCC(F)(F)C1. The van der Waals surface area contributed by atoms with Crippen molar-refractivity contribution >= 4 is 5.91 Å². The van der Waals surface area contributed by atoms with Gasteiger partial charge in [0.05, 0.1) is 6.54 Å². The van der Waals surface area contributed by atoms with Crippen molar-refractivity contribution in [3.63, 3.8) is 0 Å². The first-order valence-corrected chi connectivity index (χ1v) is 6.07. The number of rotatable bonds is 1. The van der Waals surface area contributed by atoms with Crippen molar-refractivity contribution < 1.29 is 13.6 Å². The smallest absolute Gasteiger partial charge is 0.265 e. The van der Waals surface area contributed by atoms with Gasteiger partial charge in [0.2, 0.25) is 5.91 Å². The number of hydrogen-bond donors (Lipinski definition) is 1. The van der Waals surface area contributed by atoms with E-state index in [0.717, 1.165) is 13.1 Å². The number of nitrogens with zero attached hydrogens (tertiary/aromatic N) is 2. The summed E-state index contributed by atoms with van der Waals surface area (Å²) in [6.07, 6.45) is 0.290. The van der Waals surface area contributed by atoms with Crippen LogP contribution in [0.15, 0.2) is 0 Å². The molecule has 1 unspecified atom stereocenters. The van der Waals surface area contributed by atoms with Crippen molar-refractivity contribution in [3.8, 4) is 0 Å². The third kappa shape index (κ3) is 2.93. The summed E-state index contributed by atoms with van der Waals surface area (Å²) in [7, 11) is 1.87. The van der Waals surface area contributed by atoms with Gasteiger partial charge in [-0.25, -0.2) is 8.78 Å². The summed E-state index contributed by atoms with van der Waals surface area (Å²) in [5, 5.41) is 3.13. The van der Waals surface area contributed by atoms with Crippen LogP contribution >= 0.6 is 0 Å². The van der Waals surface area contributed by atoms with E-state index >= 15 is 0 Å². The highest BCUT2D eigenvalue weighted by atomic mass is 19.3. The van der Waals surface area contributed by atoms with E-state index in [2.05, 4.69) is 5.32 Å². The highest BCUT2D eigenvalue weighted by Crippen LogP contribution is 2.27. The Hall–Kier alpha value is -0.750. The van der Waals surface area contributed by atoms with Gasteiger partial charge in [0, 0.05) is 32.6 Å². The number of carbonyl (C=O) groups is 1. The number of amides is 1. The lowest BCUT2D eigenvalue weighted by atomic mass is 10.1. The van der Waals surface area contributed by atoms with Crippen molar-refractivity contribution in [1.82, 2.24) is 15.1 Å². The van der Waals surface area contributed by atoms with E-state index in [1.54, 1.807) is 0 Å². The number of likely N-dealkylation sites (tertiary alicyclic amines) is 1. The highest BCUT2D eigenvalue weighted by molar-refractivity contribution is 5.82. The first-order valence-electron chi connectivity index (χ1n) is 6.07. The number of piperazine rings is 1. The Labute approximate surface area is 99.9 Å². The Morgan fingerprint density at radius 2 is 2.18 bits per heavy atom. The molecule has 0 saturated carbocycles. The number of nitrogens with one attached hydrogen (secondary N) is 1. The quantitative estimate of drug-likeness (QED) is 0.716. The Kier molecular flexibility index (Phi) is 3.63. The van der Waals surface area contributed by atoms with E-state index in [1.165, 1.54) is 4.90 Å². The maximum atomic E-state index is 13.3. The third-order valence-corrected chi connectivity index (χ3v) is 3.50. The minimum atomic E-state index is -2.71. The van der Waals surface area contributed by atoms with Crippen LogP contribution in [-0.4, -0.2) is 67.4 Å². The molecule has 2 rings (SSSR count). The molecule has 6 heteroatoms. The predicted molar refractivity (Wildman–Crippen MR) is 60.0 cm³/mol. The molecule has 1 atom stereocenters. The molecule has 17 heavy (non-hydrogen) atoms. The molecule has 2 aliphatic heterocycles. The van der Waals surface area contributed by atoms with Crippen LogP contribution in [-0.2, 0) is 4.79 Å². The molecule has 0 aromatic heterocycles. The monoisotopic (exact) mass is 247 g/mol. The van der Waals surface area contributed by atoms with E-state index in [0.29, 0.717) is 19.5 Å². The number of alkyl halides is 2. The van der Waals surface area contributed by atoms with Crippen molar-refractivity contribution in [2.75, 3.05) is 39.8 Å². The molecule has 0 spiro atoms. The number of carbonyl (C=O) groups excluding carboxylic acids is 1. The van der Waals surface area contributed by atoms with Crippen molar-refractivity contribution in [2.24, 2.45) is 0 Å². The van der Waals surface area contributed by atoms with Gasteiger partial charge in [0.25, 0.3) is 5.92 Å². The van der Waals surface area contributed by atoms with Gasteiger partial charge in [-0.15, -0.1) is 0 Å². The number of hydrogen-bond acceptors (Lipinski definition) is 3. The molecule has 1 N–H and O–H groups in total. The van der Waals surface area contributed by atoms with Crippen LogP contribution in [0, 0.1) is 0 Å². The number of halogens is 2. The Bertz CT molecular complexity index is 298. The standard InChI is InChI=1S/C11H19F2N3O/c1-15-6-4-14-7-9(15)10(17)16-5-2-3-11(12,13)8-16/h9,14H,2-8H2,1H3. The Morgan fingerprint density at radius 3 is 2.82 bits per heavy atom. The van der Waals surface area contributed by atoms with Crippen molar-refractivity contribution in [3.05, 3.63) is 0 Å². The molecule has 0 bridgehead atoms. The average molecular weight is 247 g/mol. The highest BCUT2D eigenvalue weighted by Gasteiger charge is 2.39. The maximum Gasteiger partial charge on any atom is 0.265 e. The van der Waals surface area contributed by atoms with E-state index in [9.17, 15) is 13.6 Å². The van der Waals surface area contributed by atoms with Gasteiger partial charge < -0.3 is 10.2 Å². The van der Waals surface area contributed by atoms with Gasteiger partial charge in [0.15, 0.2) is 0 Å². The van der Waals surface area contributed by atoms with Crippen molar-refractivity contribution in [2.45, 2.75) is 24.8 Å². The second-order valence-corrected chi connectivity index (χ2v) is 4.92. The molecule has 0 aromatic rings. The first kappa shape index (κ1) is 12.7. The molecule has 1 amide bonds. The van der Waals surface area contributed by atoms with E-state index in [4.69, 9.17) is 0 Å². The van der Waals surface area contributed by atoms with Crippen LogP contribution < -0.4 is 5.32 Å². The lowest BCUT2D eigenvalue weighted by Crippen LogP contribution is -2.59. The second-order valence-electron chi connectivity index (χ2n) is 4.92. The molecule has 98 valence electrons. The van der Waals surface area contributed by atoms with Gasteiger partial charge in [-0.3, -0.25) is 9.69 Å². The van der Waals surface area contributed by atoms with E-state index in [1.807, 2.05) is 11.9 Å². The lowest BCUT2D eigenvalue weighted by Gasteiger charge is -2.39. The molecule has 0 radical (unpaired) electrons. The molecule has 2 fully saturated rings. The van der Waals surface area contributed by atoms with Crippen LogP contribution in [0.4, 0.5) is 8.78 Å². The van der Waals surface area contributed by atoms with Gasteiger partial charge in [0.1, 0.15) is 6.04 Å². The van der Waals surface area contributed by atoms with Gasteiger partial charge >= 0.3 is 0 Å². The number of piperidine rings is 1. The predicted octanol–water partition coefficient (Wildman–Crippen LogP) is 0.148. The first-order chi connectivity index (χ1) is 7.99. The fourth-order valence-corrected chi connectivity index (χ4v) is 2.45. The zero-order valence-corrected chi connectivity index (χ0v) is 10.1. The molecule has 2 aliphatic rings. The normalized spacial score (nSPS) is 30.3. The van der Waals surface area contributed by atoms with Crippen LogP contribution in [0.2, 0.25) is 0 Å². The fourth-order valence-electron chi connectivity index (χ4n) is 2.45. The maximum absolute atomic E-state index is 13.3. The number of likely N-dealkylation sites (N-methyl/N-ethyl adjacent to an activating group) is 1. The average Bonchev–Trinajstić information content (AvgIpc) is 2.27. The fraction of sp³-hybridized carbons (Fsp3) is 0.909. The van der Waals surface area contributed by atoms with E-state index in [-0.39, 0.29) is 18.4 Å². The molecule has 0 aliphatic carbocycles. The Balaban J connectivity index is 1.99. The summed E-state index contributed by atoms with van der Waals surface area (Å²) < 4.78 is 26.5. The van der Waals surface area contributed by atoms with E-state index < -0.39 is 12.5 Å². The third-order valence-electron chi connectivity index (χ3n) is 3.50. The summed E-state index contributed by atoms with van der Waals surface area (Å²) in [4.78, 5) is 15.4. The van der Waals surface area contributed by atoms with Gasteiger partial charge in [-0.1, -0.05) is 0 Å². The minimum absolute atomic E-state index is 0.102. The molecule has 0 aromatic carbocycles. The second kappa shape index (κ2) is 4.86. The van der Waals surface area contributed by atoms with Crippen LogP contribution in [0.25, 0.3) is 0 Å². The molecule has 2 saturated heterocycles. The molecular weight excluding hydrogens is 228 g/mol. The van der Waals surface area contributed by atoms with Crippen LogP contribution in [0.5, 0.6) is 0 Å². The molecule has 2 heterocycles. The summed E-state index contributed by atoms with van der Waals surface area (Å²) >= 11 is 0. The van der Waals surface area contributed by atoms with Crippen molar-refractivity contribution in [1.29, 1.82) is 0 Å². The zero-order chi connectivity index (χ0) is 12.5. The zero-order valence-electron chi connectivity index (χ0n) is 10.1.